The minimum absolute atomic E-state index is 0.0975. The fourth-order valence-electron chi connectivity index (χ4n) is 3.11. The van der Waals surface area contributed by atoms with Gasteiger partial charge in [-0.05, 0) is 36.8 Å². The van der Waals surface area contributed by atoms with Crippen molar-refractivity contribution in [1.82, 2.24) is 4.90 Å². The molecule has 1 aliphatic rings. The molecule has 0 unspecified atom stereocenters. The third kappa shape index (κ3) is 3.99. The third-order valence-corrected chi connectivity index (χ3v) is 4.90. The number of rotatable bonds is 3. The summed E-state index contributed by atoms with van der Waals surface area (Å²) in [6.07, 6.45) is 0. The fourth-order valence-corrected chi connectivity index (χ4v) is 3.43. The van der Waals surface area contributed by atoms with Crippen molar-refractivity contribution in [3.8, 4) is 0 Å². The van der Waals surface area contributed by atoms with Crippen LogP contribution in [-0.4, -0.2) is 42.9 Å². The lowest BCUT2D eigenvalue weighted by Gasteiger charge is -2.36. The zero-order valence-electron chi connectivity index (χ0n) is 15.0. The van der Waals surface area contributed by atoms with Crippen LogP contribution in [0.3, 0.4) is 0 Å². The van der Waals surface area contributed by atoms with E-state index in [1.54, 1.807) is 19.1 Å². The maximum Gasteiger partial charge on any atom is 0.257 e. The van der Waals surface area contributed by atoms with Crippen LogP contribution in [0, 0.1) is 6.92 Å². The lowest BCUT2D eigenvalue weighted by molar-refractivity contribution is -0.129. The molecule has 0 radical (unpaired) electrons. The molecule has 1 N–H and O–H groups in total. The smallest absolute Gasteiger partial charge is 0.257 e. The number of nitrogens with zero attached hydrogens (tertiary/aromatic N) is 2. The zero-order chi connectivity index (χ0) is 18.7. The molecule has 136 valence electrons. The van der Waals surface area contributed by atoms with Crippen molar-refractivity contribution in [2.24, 2.45) is 0 Å². The normalized spacial score (nSPS) is 14.3. The Balaban J connectivity index is 1.77. The summed E-state index contributed by atoms with van der Waals surface area (Å²) in [4.78, 5) is 28.2. The fraction of sp³-hybridized carbons (Fsp3) is 0.300. The molecule has 5 nitrogen and oxygen atoms in total. The van der Waals surface area contributed by atoms with Gasteiger partial charge in [0.15, 0.2) is 0 Å². The minimum Gasteiger partial charge on any atom is -0.366 e. The van der Waals surface area contributed by atoms with Crippen molar-refractivity contribution in [1.29, 1.82) is 0 Å². The summed E-state index contributed by atoms with van der Waals surface area (Å²) in [5.74, 6) is -0.134. The average molecular weight is 372 g/mol. The average Bonchev–Trinajstić information content (AvgIpc) is 2.62. The number of hydrogen-bond acceptors (Lipinski definition) is 3. The highest BCUT2D eigenvalue weighted by Crippen LogP contribution is 2.28. The van der Waals surface area contributed by atoms with E-state index in [9.17, 15) is 9.59 Å². The van der Waals surface area contributed by atoms with Crippen molar-refractivity contribution in [2.75, 3.05) is 36.4 Å². The SMILES string of the molecule is CC(=O)N1CCN(c2ccccc2NC(=O)c2ccc(C)cc2Cl)CC1. The summed E-state index contributed by atoms with van der Waals surface area (Å²) < 4.78 is 0. The van der Waals surface area contributed by atoms with E-state index >= 15 is 0 Å². The highest BCUT2D eigenvalue weighted by Gasteiger charge is 2.21. The van der Waals surface area contributed by atoms with Crippen LogP contribution in [0.15, 0.2) is 42.5 Å². The summed E-state index contributed by atoms with van der Waals surface area (Å²) in [7, 11) is 0. The molecule has 1 aliphatic heterocycles. The molecule has 0 saturated carbocycles. The molecular weight excluding hydrogens is 350 g/mol. The first kappa shape index (κ1) is 18.3. The number of benzene rings is 2. The molecule has 0 aliphatic carbocycles. The van der Waals surface area contributed by atoms with E-state index in [0.717, 1.165) is 30.0 Å². The van der Waals surface area contributed by atoms with Gasteiger partial charge in [-0.1, -0.05) is 29.8 Å². The van der Waals surface area contributed by atoms with Crippen molar-refractivity contribution < 1.29 is 9.59 Å². The molecule has 26 heavy (non-hydrogen) atoms. The Hall–Kier alpha value is -2.53. The predicted molar refractivity (Wildman–Crippen MR) is 105 cm³/mol. The number of carbonyl (C=O) groups excluding carboxylic acids is 2. The van der Waals surface area contributed by atoms with E-state index in [1.165, 1.54) is 0 Å². The molecule has 6 heteroatoms. The molecule has 0 spiro atoms. The quantitative estimate of drug-likeness (QED) is 0.897. The van der Waals surface area contributed by atoms with Gasteiger partial charge in [-0.15, -0.1) is 0 Å². The largest absolute Gasteiger partial charge is 0.366 e. The van der Waals surface area contributed by atoms with Crippen LogP contribution in [0.1, 0.15) is 22.8 Å². The van der Waals surface area contributed by atoms with Crippen molar-refractivity contribution in [3.05, 3.63) is 58.6 Å². The number of aryl methyl sites for hydroxylation is 1. The zero-order valence-corrected chi connectivity index (χ0v) is 15.7. The number of amides is 2. The van der Waals surface area contributed by atoms with Gasteiger partial charge < -0.3 is 15.1 Å². The monoisotopic (exact) mass is 371 g/mol. The Morgan fingerprint density at radius 1 is 1.04 bits per heavy atom. The summed E-state index contributed by atoms with van der Waals surface area (Å²) >= 11 is 6.22. The highest BCUT2D eigenvalue weighted by molar-refractivity contribution is 6.34. The second-order valence-electron chi connectivity index (χ2n) is 6.45. The highest BCUT2D eigenvalue weighted by atomic mass is 35.5. The number of hydrogen-bond donors (Lipinski definition) is 1. The lowest BCUT2D eigenvalue weighted by Crippen LogP contribution is -2.48. The maximum absolute atomic E-state index is 12.7. The van der Waals surface area contributed by atoms with E-state index in [-0.39, 0.29) is 11.8 Å². The molecule has 1 heterocycles. The number of halogens is 1. The van der Waals surface area contributed by atoms with Gasteiger partial charge in [0, 0.05) is 33.1 Å². The van der Waals surface area contributed by atoms with Crippen molar-refractivity contribution in [3.63, 3.8) is 0 Å². The number of nitrogens with one attached hydrogen (secondary N) is 1. The number of anilines is 2. The lowest BCUT2D eigenvalue weighted by atomic mass is 10.1. The van der Waals surface area contributed by atoms with Crippen LogP contribution in [0.5, 0.6) is 0 Å². The molecule has 2 aromatic carbocycles. The Labute approximate surface area is 158 Å². The van der Waals surface area contributed by atoms with Gasteiger partial charge >= 0.3 is 0 Å². The van der Waals surface area contributed by atoms with E-state index < -0.39 is 0 Å². The molecule has 0 atom stereocenters. The molecule has 1 fully saturated rings. The number of para-hydroxylation sites is 2. The van der Waals surface area contributed by atoms with Crippen LogP contribution < -0.4 is 10.2 Å². The molecule has 0 bridgehead atoms. The number of piperazine rings is 1. The van der Waals surface area contributed by atoms with Crippen LogP contribution >= 0.6 is 11.6 Å². The first-order valence-corrected chi connectivity index (χ1v) is 9.00. The van der Waals surface area contributed by atoms with E-state index in [4.69, 9.17) is 11.6 Å². The van der Waals surface area contributed by atoms with E-state index in [2.05, 4.69) is 10.2 Å². The standard InChI is InChI=1S/C20H22ClN3O2/c1-14-7-8-16(17(21)13-14)20(26)22-18-5-3-4-6-19(18)24-11-9-23(10-12-24)15(2)25/h3-8,13H,9-12H2,1-2H3,(H,22,26). The molecular formula is C20H22ClN3O2. The van der Waals surface area contributed by atoms with Gasteiger partial charge in [0.05, 0.1) is 22.0 Å². The van der Waals surface area contributed by atoms with Gasteiger partial charge in [0.1, 0.15) is 0 Å². The first-order chi connectivity index (χ1) is 12.5. The summed E-state index contributed by atoms with van der Waals surface area (Å²) in [5, 5.41) is 3.41. The Morgan fingerprint density at radius 3 is 2.38 bits per heavy atom. The van der Waals surface area contributed by atoms with Gasteiger partial charge in [0.2, 0.25) is 5.91 Å². The molecule has 2 amide bonds. The summed E-state index contributed by atoms with van der Waals surface area (Å²) in [5.41, 5.74) is 3.15. The van der Waals surface area contributed by atoms with Crippen LogP contribution in [0.2, 0.25) is 5.02 Å². The van der Waals surface area contributed by atoms with Gasteiger partial charge in [0.25, 0.3) is 5.91 Å². The first-order valence-electron chi connectivity index (χ1n) is 8.62. The van der Waals surface area contributed by atoms with Gasteiger partial charge in [-0.3, -0.25) is 9.59 Å². The predicted octanol–water partition coefficient (Wildman–Crippen LogP) is 3.57. The Kier molecular flexibility index (Phi) is 5.47. The molecule has 2 aromatic rings. The van der Waals surface area contributed by atoms with E-state index in [0.29, 0.717) is 23.7 Å². The van der Waals surface area contributed by atoms with Crippen LogP contribution in [0.4, 0.5) is 11.4 Å². The summed E-state index contributed by atoms with van der Waals surface area (Å²) in [6.45, 7) is 6.36. The molecule has 0 aromatic heterocycles. The topological polar surface area (TPSA) is 52.7 Å². The maximum atomic E-state index is 12.7. The Bertz CT molecular complexity index is 830. The van der Waals surface area contributed by atoms with Crippen LogP contribution in [0.25, 0.3) is 0 Å². The molecule has 1 saturated heterocycles. The van der Waals surface area contributed by atoms with Gasteiger partial charge in [-0.2, -0.15) is 0 Å². The van der Waals surface area contributed by atoms with Crippen molar-refractivity contribution in [2.45, 2.75) is 13.8 Å². The van der Waals surface area contributed by atoms with Crippen molar-refractivity contribution >= 4 is 34.8 Å². The second kappa shape index (κ2) is 7.79. The summed E-state index contributed by atoms with van der Waals surface area (Å²) in [6, 6.07) is 13.1. The Morgan fingerprint density at radius 2 is 1.73 bits per heavy atom. The van der Waals surface area contributed by atoms with Crippen LogP contribution in [-0.2, 0) is 4.79 Å². The third-order valence-electron chi connectivity index (χ3n) is 4.59. The van der Waals surface area contributed by atoms with Gasteiger partial charge in [-0.25, -0.2) is 0 Å². The molecule has 3 rings (SSSR count). The number of carbonyl (C=O) groups is 2. The second-order valence-corrected chi connectivity index (χ2v) is 6.85. The minimum atomic E-state index is -0.232. The van der Waals surface area contributed by atoms with E-state index in [1.807, 2.05) is 42.2 Å².